The van der Waals surface area contributed by atoms with Crippen LogP contribution in [0.1, 0.15) is 64.7 Å². The SMILES string of the molecule is CCCCCCCC(F)(F)C(F)(F)C(F)(F)CCCC(CO)CO. The molecule has 24 heavy (non-hydrogen) atoms. The van der Waals surface area contributed by atoms with Gasteiger partial charge < -0.3 is 10.2 Å². The minimum atomic E-state index is -5.42. The van der Waals surface area contributed by atoms with Crippen LogP contribution in [0.15, 0.2) is 0 Å². The van der Waals surface area contributed by atoms with Gasteiger partial charge in [0, 0.05) is 32.0 Å². The molecule has 146 valence electrons. The summed E-state index contributed by atoms with van der Waals surface area (Å²) in [4.78, 5) is 0. The number of aliphatic hydroxyl groups excluding tert-OH is 2. The van der Waals surface area contributed by atoms with Crippen LogP contribution in [-0.2, 0) is 0 Å². The molecule has 8 heteroatoms. The molecule has 2 N–H and O–H groups in total. The maximum absolute atomic E-state index is 13.6. The van der Waals surface area contributed by atoms with Gasteiger partial charge in [0.15, 0.2) is 0 Å². The molecule has 0 amide bonds. The van der Waals surface area contributed by atoms with E-state index in [4.69, 9.17) is 10.2 Å². The van der Waals surface area contributed by atoms with Crippen LogP contribution in [0.2, 0.25) is 0 Å². The Morgan fingerprint density at radius 1 is 0.708 bits per heavy atom. The summed E-state index contributed by atoms with van der Waals surface area (Å²) in [6, 6.07) is 0. The van der Waals surface area contributed by atoms with E-state index >= 15 is 0 Å². The highest BCUT2D eigenvalue weighted by Gasteiger charge is 2.70. The van der Waals surface area contributed by atoms with Gasteiger partial charge in [-0.15, -0.1) is 0 Å². The number of hydrogen-bond acceptors (Lipinski definition) is 2. The van der Waals surface area contributed by atoms with Crippen molar-refractivity contribution in [3.05, 3.63) is 0 Å². The van der Waals surface area contributed by atoms with Gasteiger partial charge >= 0.3 is 17.8 Å². The lowest BCUT2D eigenvalue weighted by atomic mass is 9.93. The van der Waals surface area contributed by atoms with E-state index in [2.05, 4.69) is 0 Å². The van der Waals surface area contributed by atoms with Crippen LogP contribution in [0.4, 0.5) is 26.3 Å². The second-order valence-corrected chi connectivity index (χ2v) is 6.27. The number of alkyl halides is 6. The molecule has 0 aromatic rings. The molecule has 2 nitrogen and oxygen atoms in total. The van der Waals surface area contributed by atoms with Gasteiger partial charge in [0.05, 0.1) is 0 Å². The van der Waals surface area contributed by atoms with Gasteiger partial charge in [-0.2, -0.15) is 26.3 Å². The first-order valence-corrected chi connectivity index (χ1v) is 8.41. The predicted octanol–water partition coefficient (Wildman–Crippen LogP) is 5.02. The van der Waals surface area contributed by atoms with Crippen molar-refractivity contribution in [1.82, 2.24) is 0 Å². The van der Waals surface area contributed by atoms with Gasteiger partial charge in [0.25, 0.3) is 0 Å². The van der Waals surface area contributed by atoms with Gasteiger partial charge in [-0.1, -0.05) is 32.6 Å². The second-order valence-electron chi connectivity index (χ2n) is 6.27. The molecule has 0 aromatic heterocycles. The van der Waals surface area contributed by atoms with Crippen LogP contribution in [0.5, 0.6) is 0 Å². The first kappa shape index (κ1) is 23.5. The van der Waals surface area contributed by atoms with Crippen LogP contribution >= 0.6 is 0 Å². The molecule has 0 aromatic carbocycles. The van der Waals surface area contributed by atoms with E-state index in [1.165, 1.54) is 0 Å². The zero-order valence-electron chi connectivity index (χ0n) is 14.0. The normalized spacial score (nSPS) is 13.8. The molecule has 0 saturated heterocycles. The molecule has 0 radical (unpaired) electrons. The molecule has 0 bridgehead atoms. The number of aliphatic hydroxyl groups is 2. The van der Waals surface area contributed by atoms with Crippen LogP contribution in [0.25, 0.3) is 0 Å². The number of halogens is 6. The third-order valence-corrected chi connectivity index (χ3v) is 4.13. The second kappa shape index (κ2) is 10.5. The van der Waals surface area contributed by atoms with Crippen LogP contribution in [-0.4, -0.2) is 41.2 Å². The summed E-state index contributed by atoms with van der Waals surface area (Å²) in [6.45, 7) is 0.945. The fourth-order valence-corrected chi connectivity index (χ4v) is 2.39. The van der Waals surface area contributed by atoms with Gasteiger partial charge in [0.2, 0.25) is 0 Å². The molecule has 0 heterocycles. The highest BCUT2D eigenvalue weighted by atomic mass is 19.3. The molecule has 0 aliphatic heterocycles. The van der Waals surface area contributed by atoms with Crippen molar-refractivity contribution >= 4 is 0 Å². The molecule has 0 spiro atoms. The minimum Gasteiger partial charge on any atom is -0.396 e. The van der Waals surface area contributed by atoms with Crippen LogP contribution in [0.3, 0.4) is 0 Å². The van der Waals surface area contributed by atoms with Gasteiger partial charge in [-0.25, -0.2) is 0 Å². The smallest absolute Gasteiger partial charge is 0.371 e. The van der Waals surface area contributed by atoms with Crippen LogP contribution in [0, 0.1) is 5.92 Å². The Balaban J connectivity index is 4.60. The van der Waals surface area contributed by atoms with Crippen molar-refractivity contribution in [1.29, 1.82) is 0 Å². The van der Waals surface area contributed by atoms with E-state index in [9.17, 15) is 26.3 Å². The number of unbranched alkanes of at least 4 members (excludes halogenated alkanes) is 4. The Hall–Kier alpha value is -0.500. The van der Waals surface area contributed by atoms with Crippen molar-refractivity contribution < 1.29 is 36.6 Å². The lowest BCUT2D eigenvalue weighted by molar-refractivity contribution is -0.312. The Labute approximate surface area is 139 Å². The molecule has 0 fully saturated rings. The average molecular weight is 366 g/mol. The summed E-state index contributed by atoms with van der Waals surface area (Å²) in [6.07, 6.45) is -0.977. The van der Waals surface area contributed by atoms with E-state index in [1.54, 1.807) is 0 Å². The number of rotatable bonds is 14. The highest BCUT2D eigenvalue weighted by Crippen LogP contribution is 2.50. The predicted molar refractivity (Wildman–Crippen MR) is 79.7 cm³/mol. The fraction of sp³-hybridized carbons (Fsp3) is 1.00. The maximum atomic E-state index is 13.6. The number of hydrogen-bond donors (Lipinski definition) is 2. The van der Waals surface area contributed by atoms with E-state index < -0.39 is 56.2 Å². The lowest BCUT2D eigenvalue weighted by Crippen LogP contribution is -2.54. The third-order valence-electron chi connectivity index (χ3n) is 4.13. The lowest BCUT2D eigenvalue weighted by Gasteiger charge is -2.33. The van der Waals surface area contributed by atoms with Crippen LogP contribution < -0.4 is 0 Å². The minimum absolute atomic E-state index is 0.138. The molecule has 0 rings (SSSR count). The first-order valence-electron chi connectivity index (χ1n) is 8.41. The Morgan fingerprint density at radius 3 is 1.62 bits per heavy atom. The summed E-state index contributed by atoms with van der Waals surface area (Å²) >= 11 is 0. The first-order chi connectivity index (χ1) is 11.1. The Kier molecular flexibility index (Phi) is 10.3. The summed E-state index contributed by atoms with van der Waals surface area (Å²) < 4.78 is 81.8. The Bertz CT molecular complexity index is 333. The molecule has 0 saturated carbocycles. The average Bonchev–Trinajstić information content (AvgIpc) is 2.51. The van der Waals surface area contributed by atoms with Crippen molar-refractivity contribution in [2.75, 3.05) is 13.2 Å². The van der Waals surface area contributed by atoms with Gasteiger partial charge in [-0.05, 0) is 19.3 Å². The van der Waals surface area contributed by atoms with Gasteiger partial charge in [0.1, 0.15) is 0 Å². The zero-order valence-corrected chi connectivity index (χ0v) is 14.0. The Morgan fingerprint density at radius 2 is 1.17 bits per heavy atom. The molecule has 0 unspecified atom stereocenters. The molecular formula is C16H28F6O2. The highest BCUT2D eigenvalue weighted by molar-refractivity contribution is 4.96. The summed E-state index contributed by atoms with van der Waals surface area (Å²) in [5, 5.41) is 17.6. The quantitative estimate of drug-likeness (QED) is 0.335. The molecule has 0 aliphatic rings. The topological polar surface area (TPSA) is 40.5 Å². The van der Waals surface area contributed by atoms with Gasteiger partial charge in [-0.3, -0.25) is 0 Å². The largest absolute Gasteiger partial charge is 0.396 e. The monoisotopic (exact) mass is 366 g/mol. The van der Waals surface area contributed by atoms with E-state index in [0.29, 0.717) is 12.8 Å². The zero-order chi connectivity index (χ0) is 18.9. The molecular weight excluding hydrogens is 338 g/mol. The van der Waals surface area contributed by atoms with E-state index in [-0.39, 0.29) is 12.8 Å². The third kappa shape index (κ3) is 6.78. The standard InChI is InChI=1S/C16H28F6O2/c1-2-3-4-5-6-9-14(17,18)16(21,22)15(19,20)10-7-8-13(11-23)12-24/h13,23-24H,2-12H2,1H3. The maximum Gasteiger partial charge on any atom is 0.371 e. The van der Waals surface area contributed by atoms with Crippen molar-refractivity contribution in [2.45, 2.75) is 82.5 Å². The fourth-order valence-electron chi connectivity index (χ4n) is 2.39. The van der Waals surface area contributed by atoms with Crippen molar-refractivity contribution in [2.24, 2.45) is 5.92 Å². The van der Waals surface area contributed by atoms with Crippen molar-refractivity contribution in [3.63, 3.8) is 0 Å². The van der Waals surface area contributed by atoms with Crippen molar-refractivity contribution in [3.8, 4) is 0 Å². The summed E-state index contributed by atoms with van der Waals surface area (Å²) in [5.41, 5.74) is 0. The van der Waals surface area contributed by atoms with E-state index in [1.807, 2.05) is 6.92 Å². The molecule has 0 aliphatic carbocycles. The van der Waals surface area contributed by atoms with E-state index in [0.717, 1.165) is 12.8 Å². The molecule has 0 atom stereocenters. The summed E-state index contributed by atoms with van der Waals surface area (Å²) in [5.74, 6) is -15.7. The summed E-state index contributed by atoms with van der Waals surface area (Å²) in [7, 11) is 0.